The Balaban J connectivity index is 1.54. The van der Waals surface area contributed by atoms with Gasteiger partial charge in [0.2, 0.25) is 5.91 Å². The van der Waals surface area contributed by atoms with Gasteiger partial charge in [0.05, 0.1) is 11.6 Å². The van der Waals surface area contributed by atoms with Crippen molar-refractivity contribution in [1.82, 2.24) is 0 Å². The van der Waals surface area contributed by atoms with E-state index in [1.807, 2.05) is 66.4 Å². The van der Waals surface area contributed by atoms with Crippen molar-refractivity contribution >= 4 is 29.2 Å². The number of rotatable bonds is 5. The number of benzene rings is 3. The standard InChI is InChI=1S/C28H26N2O4/c1-18-17-25(30(27(32)20-11-12-20)22-7-3-2-4-8-22)23-9-5-6-10-24(23)29(18)26(31)19-13-15-21(16-14-19)28(33)34/h2-10,13-16,18,20,25H,11-12,17H2,1H3,(H,33,34)/t18-,25+/m0/s1. The van der Waals surface area contributed by atoms with Gasteiger partial charge in [0.25, 0.3) is 5.91 Å². The van der Waals surface area contributed by atoms with Gasteiger partial charge in [-0.1, -0.05) is 36.4 Å². The molecule has 1 N–H and O–H groups in total. The summed E-state index contributed by atoms with van der Waals surface area (Å²) in [7, 11) is 0. The number of carbonyl (C=O) groups excluding carboxylic acids is 2. The minimum absolute atomic E-state index is 0.0649. The van der Waals surface area contributed by atoms with Crippen LogP contribution in [0.4, 0.5) is 11.4 Å². The fourth-order valence-corrected chi connectivity index (χ4v) is 4.81. The molecule has 0 unspecified atom stereocenters. The molecule has 3 aromatic rings. The van der Waals surface area contributed by atoms with Gasteiger partial charge < -0.3 is 14.9 Å². The molecule has 3 aromatic carbocycles. The number of hydrogen-bond acceptors (Lipinski definition) is 3. The summed E-state index contributed by atoms with van der Waals surface area (Å²) in [6, 6.07) is 23.2. The second-order valence-electron chi connectivity index (χ2n) is 9.04. The number of aromatic carboxylic acids is 1. The molecule has 1 aliphatic heterocycles. The molecule has 6 nitrogen and oxygen atoms in total. The summed E-state index contributed by atoms with van der Waals surface area (Å²) < 4.78 is 0. The van der Waals surface area contributed by atoms with Gasteiger partial charge in [-0.3, -0.25) is 9.59 Å². The van der Waals surface area contributed by atoms with Crippen LogP contribution in [-0.4, -0.2) is 28.9 Å². The summed E-state index contributed by atoms with van der Waals surface area (Å²) in [5.41, 5.74) is 3.16. The van der Waals surface area contributed by atoms with Gasteiger partial charge in [-0.25, -0.2) is 4.79 Å². The molecule has 2 amide bonds. The lowest BCUT2D eigenvalue weighted by Crippen LogP contribution is -2.48. The quantitative estimate of drug-likeness (QED) is 0.567. The van der Waals surface area contributed by atoms with Crippen LogP contribution in [0.15, 0.2) is 78.9 Å². The molecule has 2 aliphatic rings. The Morgan fingerprint density at radius 3 is 2.12 bits per heavy atom. The number of carboxylic acid groups (broad SMARTS) is 1. The van der Waals surface area contributed by atoms with E-state index in [1.54, 1.807) is 17.0 Å². The van der Waals surface area contributed by atoms with E-state index < -0.39 is 5.97 Å². The summed E-state index contributed by atoms with van der Waals surface area (Å²) in [5.74, 6) is -1.01. The highest BCUT2D eigenvalue weighted by Crippen LogP contribution is 2.45. The summed E-state index contributed by atoms with van der Waals surface area (Å²) >= 11 is 0. The molecule has 0 saturated heterocycles. The van der Waals surface area contributed by atoms with Crippen molar-refractivity contribution in [2.24, 2.45) is 5.92 Å². The Morgan fingerprint density at radius 2 is 1.47 bits per heavy atom. The normalized spacial score (nSPS) is 19.3. The Hall–Kier alpha value is -3.93. The smallest absolute Gasteiger partial charge is 0.335 e. The van der Waals surface area contributed by atoms with Crippen LogP contribution in [0, 0.1) is 5.92 Å². The van der Waals surface area contributed by atoms with Crippen LogP contribution in [-0.2, 0) is 4.79 Å². The summed E-state index contributed by atoms with van der Waals surface area (Å²) in [4.78, 5) is 41.9. The number of nitrogens with zero attached hydrogens (tertiary/aromatic N) is 2. The predicted octanol–water partition coefficient (Wildman–Crippen LogP) is 5.31. The van der Waals surface area contributed by atoms with Crippen molar-refractivity contribution in [2.45, 2.75) is 38.3 Å². The maximum absolute atomic E-state index is 13.6. The molecule has 5 rings (SSSR count). The van der Waals surface area contributed by atoms with Crippen molar-refractivity contribution in [1.29, 1.82) is 0 Å². The highest BCUT2D eigenvalue weighted by atomic mass is 16.4. The van der Waals surface area contributed by atoms with Crippen molar-refractivity contribution in [3.05, 3.63) is 95.6 Å². The van der Waals surface area contributed by atoms with E-state index in [2.05, 4.69) is 0 Å². The molecule has 1 fully saturated rings. The molecule has 6 heteroatoms. The van der Waals surface area contributed by atoms with Crippen LogP contribution >= 0.6 is 0 Å². The van der Waals surface area contributed by atoms with Gasteiger partial charge in [-0.2, -0.15) is 0 Å². The van der Waals surface area contributed by atoms with Crippen LogP contribution in [0.2, 0.25) is 0 Å². The second kappa shape index (κ2) is 8.78. The Morgan fingerprint density at radius 1 is 0.853 bits per heavy atom. The Bertz CT molecular complexity index is 1230. The molecule has 34 heavy (non-hydrogen) atoms. The lowest BCUT2D eigenvalue weighted by Gasteiger charge is -2.43. The molecule has 0 aromatic heterocycles. The van der Waals surface area contributed by atoms with Crippen molar-refractivity contribution in [3.63, 3.8) is 0 Å². The number of anilines is 2. The highest BCUT2D eigenvalue weighted by molar-refractivity contribution is 6.08. The first-order valence-corrected chi connectivity index (χ1v) is 11.6. The minimum Gasteiger partial charge on any atom is -0.478 e. The SMILES string of the molecule is C[C@H]1C[C@@H](N(C(=O)C2CC2)c2ccccc2)c2ccccc2N1C(=O)c1ccc(C(=O)O)cc1. The van der Waals surface area contributed by atoms with Crippen LogP contribution in [0.5, 0.6) is 0 Å². The average Bonchev–Trinajstić information content (AvgIpc) is 3.70. The van der Waals surface area contributed by atoms with Crippen LogP contribution in [0.25, 0.3) is 0 Å². The third-order valence-corrected chi connectivity index (χ3v) is 6.67. The van der Waals surface area contributed by atoms with Crippen LogP contribution < -0.4 is 9.80 Å². The first-order valence-electron chi connectivity index (χ1n) is 11.6. The maximum Gasteiger partial charge on any atom is 0.335 e. The van der Waals surface area contributed by atoms with Crippen LogP contribution in [0.1, 0.15) is 58.5 Å². The van der Waals surface area contributed by atoms with Crippen molar-refractivity contribution in [2.75, 3.05) is 9.80 Å². The zero-order chi connectivity index (χ0) is 23.8. The molecule has 0 bridgehead atoms. The van der Waals surface area contributed by atoms with Gasteiger partial charge in [-0.15, -0.1) is 0 Å². The zero-order valence-corrected chi connectivity index (χ0v) is 18.9. The fourth-order valence-electron chi connectivity index (χ4n) is 4.81. The molecule has 2 atom stereocenters. The van der Waals surface area contributed by atoms with Crippen molar-refractivity contribution in [3.8, 4) is 0 Å². The van der Waals surface area contributed by atoms with Gasteiger partial charge in [0.1, 0.15) is 0 Å². The lowest BCUT2D eigenvalue weighted by molar-refractivity contribution is -0.120. The van der Waals surface area contributed by atoms with E-state index in [9.17, 15) is 19.5 Å². The third kappa shape index (κ3) is 3.96. The third-order valence-electron chi connectivity index (χ3n) is 6.67. The number of carboxylic acids is 1. The van der Waals surface area contributed by atoms with Gasteiger partial charge >= 0.3 is 5.97 Å². The van der Waals surface area contributed by atoms with Gasteiger partial charge in [0.15, 0.2) is 0 Å². The largest absolute Gasteiger partial charge is 0.478 e. The summed E-state index contributed by atoms with van der Waals surface area (Å²) in [6.45, 7) is 2.00. The first kappa shape index (κ1) is 21.9. The van der Waals surface area contributed by atoms with E-state index in [0.717, 1.165) is 29.8 Å². The molecule has 1 saturated carbocycles. The molecular formula is C28H26N2O4. The van der Waals surface area contributed by atoms with Crippen LogP contribution in [0.3, 0.4) is 0 Å². The van der Waals surface area contributed by atoms with E-state index >= 15 is 0 Å². The number of fused-ring (bicyclic) bond motifs is 1. The predicted molar refractivity (Wildman–Crippen MR) is 130 cm³/mol. The first-order chi connectivity index (χ1) is 16.5. The Kier molecular flexibility index (Phi) is 5.65. The summed E-state index contributed by atoms with van der Waals surface area (Å²) in [5, 5.41) is 9.17. The second-order valence-corrected chi connectivity index (χ2v) is 9.04. The molecular weight excluding hydrogens is 428 g/mol. The molecule has 0 spiro atoms. The molecule has 1 heterocycles. The van der Waals surface area contributed by atoms with E-state index in [-0.39, 0.29) is 35.4 Å². The zero-order valence-electron chi connectivity index (χ0n) is 18.9. The number of hydrogen-bond donors (Lipinski definition) is 1. The van der Waals surface area contributed by atoms with Crippen molar-refractivity contribution < 1.29 is 19.5 Å². The highest BCUT2D eigenvalue weighted by Gasteiger charge is 2.42. The maximum atomic E-state index is 13.6. The van der Waals surface area contributed by atoms with E-state index in [4.69, 9.17) is 0 Å². The van der Waals surface area contributed by atoms with E-state index in [1.165, 1.54) is 12.1 Å². The lowest BCUT2D eigenvalue weighted by atomic mass is 9.89. The number of carbonyl (C=O) groups is 3. The fraction of sp³-hybridized carbons (Fsp3) is 0.250. The topological polar surface area (TPSA) is 77.9 Å². The average molecular weight is 455 g/mol. The minimum atomic E-state index is -1.03. The van der Waals surface area contributed by atoms with Gasteiger partial charge in [0, 0.05) is 28.9 Å². The number of amides is 2. The van der Waals surface area contributed by atoms with E-state index in [0.29, 0.717) is 12.0 Å². The monoisotopic (exact) mass is 454 g/mol. The molecule has 172 valence electrons. The molecule has 0 radical (unpaired) electrons. The van der Waals surface area contributed by atoms with Gasteiger partial charge in [-0.05, 0) is 74.2 Å². The summed E-state index contributed by atoms with van der Waals surface area (Å²) in [6.07, 6.45) is 2.44. The number of para-hydroxylation sites is 2. The Labute approximate surface area is 198 Å². The molecule has 1 aliphatic carbocycles.